The van der Waals surface area contributed by atoms with Crippen LogP contribution in [0.25, 0.3) is 0 Å². The van der Waals surface area contributed by atoms with E-state index in [-0.39, 0.29) is 11.4 Å². The number of benzene rings is 1. The monoisotopic (exact) mass is 337 g/mol. The lowest BCUT2D eigenvalue weighted by atomic mass is 10.1. The molecule has 0 unspecified atom stereocenters. The second kappa shape index (κ2) is 6.55. The average Bonchev–Trinajstić information content (AvgIpc) is 2.36. The molecule has 0 aliphatic heterocycles. The summed E-state index contributed by atoms with van der Waals surface area (Å²) < 4.78 is 0. The topological polar surface area (TPSA) is 54.0 Å². The molecule has 22 heavy (non-hydrogen) atoms. The number of carbonyl (C=O) groups is 1. The lowest BCUT2D eigenvalue weighted by Crippen LogP contribution is -2.26. The molecule has 0 radical (unpaired) electrons. The molecule has 0 aliphatic rings. The fraction of sp³-hybridized carbons (Fsp3) is 0.250. The molecule has 2 aromatic rings. The first-order valence-corrected chi connectivity index (χ1v) is 7.50. The van der Waals surface area contributed by atoms with E-state index in [0.29, 0.717) is 21.4 Å². The fourth-order valence-corrected chi connectivity index (χ4v) is 2.38. The average molecular weight is 338 g/mol. The molecule has 1 aromatic heterocycles. The minimum atomic E-state index is -0.319. The molecule has 0 saturated carbocycles. The molecular weight excluding hydrogens is 321 g/mol. The maximum absolute atomic E-state index is 12.2. The molecule has 0 fully saturated rings. The molecule has 4 nitrogen and oxygen atoms in total. The Morgan fingerprint density at radius 3 is 2.18 bits per heavy atom. The Morgan fingerprint density at radius 2 is 1.68 bits per heavy atom. The number of rotatable bonds is 3. The number of amides is 1. The van der Waals surface area contributed by atoms with Crippen LogP contribution in [0.2, 0.25) is 10.0 Å². The fourth-order valence-electron chi connectivity index (χ4n) is 1.86. The van der Waals surface area contributed by atoms with E-state index in [4.69, 9.17) is 23.2 Å². The van der Waals surface area contributed by atoms with Crippen LogP contribution in [0.1, 0.15) is 31.3 Å². The second-order valence-electron chi connectivity index (χ2n) is 5.92. The standard InChI is InChI=1S/C16H17Cl2N3O/c1-16(2,3)21-12-4-5-14(19-9-12)15(22)20-13-7-10(17)6-11(18)8-13/h4-9,21H,1-3H3,(H,20,22). The zero-order chi connectivity index (χ0) is 16.3. The van der Waals surface area contributed by atoms with Gasteiger partial charge in [0.2, 0.25) is 0 Å². The quantitative estimate of drug-likeness (QED) is 0.841. The van der Waals surface area contributed by atoms with Crippen LogP contribution in [0.5, 0.6) is 0 Å². The van der Waals surface area contributed by atoms with E-state index in [9.17, 15) is 4.79 Å². The summed E-state index contributed by atoms with van der Waals surface area (Å²) in [5, 5.41) is 6.92. The highest BCUT2D eigenvalue weighted by atomic mass is 35.5. The normalized spacial score (nSPS) is 11.1. The minimum Gasteiger partial charge on any atom is -0.379 e. The van der Waals surface area contributed by atoms with Crippen LogP contribution in [0.4, 0.5) is 11.4 Å². The van der Waals surface area contributed by atoms with Crippen LogP contribution in [0, 0.1) is 0 Å². The van der Waals surface area contributed by atoms with Crippen molar-refractivity contribution in [1.82, 2.24) is 4.98 Å². The summed E-state index contributed by atoms with van der Waals surface area (Å²) in [7, 11) is 0. The van der Waals surface area contributed by atoms with Gasteiger partial charge in [0.05, 0.1) is 11.9 Å². The molecule has 2 N–H and O–H groups in total. The molecule has 2 rings (SSSR count). The third-order valence-corrected chi connectivity index (χ3v) is 3.07. The summed E-state index contributed by atoms with van der Waals surface area (Å²) in [5.41, 5.74) is 1.63. The van der Waals surface area contributed by atoms with E-state index in [1.165, 1.54) is 0 Å². The smallest absolute Gasteiger partial charge is 0.274 e. The van der Waals surface area contributed by atoms with Gasteiger partial charge in [0.15, 0.2) is 0 Å². The Labute approximate surface area is 139 Å². The number of nitrogens with zero attached hydrogens (tertiary/aromatic N) is 1. The van der Waals surface area contributed by atoms with Gasteiger partial charge in [0.1, 0.15) is 5.69 Å². The van der Waals surface area contributed by atoms with Crippen LogP contribution in [-0.4, -0.2) is 16.4 Å². The maximum Gasteiger partial charge on any atom is 0.274 e. The number of carbonyl (C=O) groups excluding carboxylic acids is 1. The van der Waals surface area contributed by atoms with Crippen molar-refractivity contribution in [3.05, 3.63) is 52.3 Å². The molecule has 0 saturated heterocycles. The van der Waals surface area contributed by atoms with E-state index < -0.39 is 0 Å². The number of aromatic nitrogens is 1. The number of hydrogen-bond donors (Lipinski definition) is 2. The molecule has 0 spiro atoms. The predicted octanol–water partition coefficient (Wildman–Crippen LogP) is 4.85. The summed E-state index contributed by atoms with van der Waals surface area (Å²) in [6, 6.07) is 8.33. The van der Waals surface area contributed by atoms with Gasteiger partial charge >= 0.3 is 0 Å². The first kappa shape index (κ1) is 16.6. The zero-order valence-electron chi connectivity index (χ0n) is 12.6. The van der Waals surface area contributed by atoms with Crippen LogP contribution < -0.4 is 10.6 Å². The number of halogens is 2. The van der Waals surface area contributed by atoms with E-state index in [1.807, 2.05) is 6.07 Å². The molecule has 116 valence electrons. The Balaban J connectivity index is 2.09. The highest BCUT2D eigenvalue weighted by molar-refractivity contribution is 6.35. The zero-order valence-corrected chi connectivity index (χ0v) is 14.1. The third-order valence-electron chi connectivity index (χ3n) is 2.64. The van der Waals surface area contributed by atoms with Gasteiger partial charge in [-0.3, -0.25) is 4.79 Å². The highest BCUT2D eigenvalue weighted by Gasteiger charge is 2.12. The van der Waals surface area contributed by atoms with E-state index in [2.05, 4.69) is 36.4 Å². The van der Waals surface area contributed by atoms with Crippen molar-refractivity contribution in [1.29, 1.82) is 0 Å². The molecule has 6 heteroatoms. The summed E-state index contributed by atoms with van der Waals surface area (Å²) in [5.74, 6) is -0.319. The van der Waals surface area contributed by atoms with Crippen molar-refractivity contribution in [3.63, 3.8) is 0 Å². The number of pyridine rings is 1. The lowest BCUT2D eigenvalue weighted by Gasteiger charge is -2.21. The summed E-state index contributed by atoms with van der Waals surface area (Å²) in [4.78, 5) is 16.3. The van der Waals surface area contributed by atoms with Gasteiger partial charge in [-0.15, -0.1) is 0 Å². The van der Waals surface area contributed by atoms with Crippen LogP contribution in [0.15, 0.2) is 36.5 Å². The van der Waals surface area contributed by atoms with Crippen LogP contribution in [-0.2, 0) is 0 Å². The lowest BCUT2D eigenvalue weighted by molar-refractivity contribution is 0.102. The summed E-state index contributed by atoms with van der Waals surface area (Å²) >= 11 is 11.8. The number of hydrogen-bond acceptors (Lipinski definition) is 3. The SMILES string of the molecule is CC(C)(C)Nc1ccc(C(=O)Nc2cc(Cl)cc(Cl)c2)nc1. The van der Waals surface area contributed by atoms with Gasteiger partial charge in [-0.05, 0) is 51.1 Å². The van der Waals surface area contributed by atoms with E-state index in [1.54, 1.807) is 30.5 Å². The third kappa shape index (κ3) is 4.90. The summed E-state index contributed by atoms with van der Waals surface area (Å²) in [6.07, 6.45) is 1.63. The van der Waals surface area contributed by atoms with Gasteiger partial charge in [-0.2, -0.15) is 0 Å². The van der Waals surface area contributed by atoms with E-state index >= 15 is 0 Å². The molecule has 1 heterocycles. The maximum atomic E-state index is 12.2. The Bertz CT molecular complexity index is 659. The Morgan fingerprint density at radius 1 is 1.05 bits per heavy atom. The van der Waals surface area contributed by atoms with Crippen molar-refractivity contribution >= 4 is 40.5 Å². The molecule has 0 aliphatic carbocycles. The highest BCUT2D eigenvalue weighted by Crippen LogP contribution is 2.23. The van der Waals surface area contributed by atoms with Gasteiger partial charge in [-0.1, -0.05) is 23.2 Å². The largest absolute Gasteiger partial charge is 0.379 e. The molecule has 0 bridgehead atoms. The second-order valence-corrected chi connectivity index (χ2v) is 6.79. The molecule has 0 atom stereocenters. The van der Waals surface area contributed by atoms with E-state index in [0.717, 1.165) is 5.69 Å². The number of anilines is 2. The summed E-state index contributed by atoms with van der Waals surface area (Å²) in [6.45, 7) is 6.16. The van der Waals surface area contributed by atoms with Crippen molar-refractivity contribution in [2.24, 2.45) is 0 Å². The predicted molar refractivity (Wildman–Crippen MR) is 92.0 cm³/mol. The first-order valence-electron chi connectivity index (χ1n) is 6.75. The van der Waals surface area contributed by atoms with Crippen LogP contribution >= 0.6 is 23.2 Å². The molecular formula is C16H17Cl2N3O. The Kier molecular flexibility index (Phi) is 4.94. The Hall–Kier alpha value is -1.78. The first-order chi connectivity index (χ1) is 10.2. The van der Waals surface area contributed by atoms with Gasteiger partial charge in [0.25, 0.3) is 5.91 Å². The molecule has 1 aromatic carbocycles. The minimum absolute atomic E-state index is 0.0665. The van der Waals surface area contributed by atoms with Crippen molar-refractivity contribution in [2.45, 2.75) is 26.3 Å². The van der Waals surface area contributed by atoms with Crippen LogP contribution in [0.3, 0.4) is 0 Å². The van der Waals surface area contributed by atoms with Gasteiger partial charge < -0.3 is 10.6 Å². The van der Waals surface area contributed by atoms with Gasteiger partial charge in [0, 0.05) is 21.3 Å². The number of nitrogens with one attached hydrogen (secondary N) is 2. The van der Waals surface area contributed by atoms with Crippen molar-refractivity contribution in [3.8, 4) is 0 Å². The van der Waals surface area contributed by atoms with Crippen molar-refractivity contribution < 1.29 is 4.79 Å². The van der Waals surface area contributed by atoms with Gasteiger partial charge in [-0.25, -0.2) is 4.98 Å². The van der Waals surface area contributed by atoms with Crippen molar-refractivity contribution in [2.75, 3.05) is 10.6 Å². The molecule has 1 amide bonds.